The number of rotatable bonds is 3. The van der Waals surface area contributed by atoms with Gasteiger partial charge >= 0.3 is 0 Å². The first-order valence-corrected chi connectivity index (χ1v) is 8.47. The summed E-state index contributed by atoms with van der Waals surface area (Å²) in [5.74, 6) is 0. The highest BCUT2D eigenvalue weighted by atomic mass is 35.7. The van der Waals surface area contributed by atoms with Crippen molar-refractivity contribution in [3.8, 4) is 0 Å². The highest BCUT2D eigenvalue weighted by Crippen LogP contribution is 2.26. The van der Waals surface area contributed by atoms with Gasteiger partial charge in [0.2, 0.25) is 0 Å². The maximum Gasteiger partial charge on any atom is 0.147 e. The van der Waals surface area contributed by atoms with E-state index in [2.05, 4.69) is 0 Å². The summed E-state index contributed by atoms with van der Waals surface area (Å²) in [5.41, 5.74) is 1.47. The van der Waals surface area contributed by atoms with Gasteiger partial charge in [-0.2, -0.15) is 0 Å². The fourth-order valence-electron chi connectivity index (χ4n) is 2.35. The van der Waals surface area contributed by atoms with E-state index in [4.69, 9.17) is 10.7 Å². The molecule has 3 rings (SSSR count). The Bertz CT molecular complexity index is 817. The Balaban J connectivity index is 2.01. The lowest BCUT2D eigenvalue weighted by Gasteiger charge is -2.13. The van der Waals surface area contributed by atoms with Crippen LogP contribution in [-0.2, 0) is 10.0 Å². The zero-order chi connectivity index (χ0) is 14.8. The van der Waals surface area contributed by atoms with Crippen molar-refractivity contribution in [2.45, 2.75) is 11.0 Å². The van der Waals surface area contributed by atoms with E-state index >= 15 is 0 Å². The van der Waals surface area contributed by atoms with Gasteiger partial charge in [-0.3, -0.25) is 0 Å². The molecule has 0 bridgehead atoms. The van der Waals surface area contributed by atoms with E-state index < -0.39 is 16.1 Å². The van der Waals surface area contributed by atoms with Gasteiger partial charge in [-0.25, -0.2) is 4.21 Å². The summed E-state index contributed by atoms with van der Waals surface area (Å²) >= 11 is 0. The Morgan fingerprint density at radius 2 is 1.57 bits per heavy atom. The number of aliphatic hydroxyl groups excluding tert-OH is 1. The predicted octanol–water partition coefficient (Wildman–Crippen LogP) is 4.18. The van der Waals surface area contributed by atoms with Crippen LogP contribution in [0.2, 0.25) is 0 Å². The first kappa shape index (κ1) is 14.3. The molecule has 0 heterocycles. The molecule has 0 amide bonds. The zero-order valence-electron chi connectivity index (χ0n) is 11.1. The van der Waals surface area contributed by atoms with Crippen LogP contribution in [-0.4, -0.2) is 9.32 Å². The summed E-state index contributed by atoms with van der Waals surface area (Å²) in [6.07, 6.45) is -0.769. The minimum atomic E-state index is -1.57. The summed E-state index contributed by atoms with van der Waals surface area (Å²) in [7, 11) is 4.02. The minimum Gasteiger partial charge on any atom is -0.384 e. The third-order valence-electron chi connectivity index (χ3n) is 3.45. The molecule has 2 nitrogen and oxygen atoms in total. The summed E-state index contributed by atoms with van der Waals surface area (Å²) < 4.78 is 11.3. The van der Waals surface area contributed by atoms with Crippen LogP contribution in [0, 0.1) is 0 Å². The molecular formula is C17H13ClO2S. The van der Waals surface area contributed by atoms with Gasteiger partial charge in [-0.05, 0) is 50.8 Å². The lowest BCUT2D eigenvalue weighted by Crippen LogP contribution is -2.00. The topological polar surface area (TPSA) is 37.3 Å². The van der Waals surface area contributed by atoms with E-state index in [0.717, 1.165) is 16.3 Å². The van der Waals surface area contributed by atoms with Crippen LogP contribution in [0.3, 0.4) is 0 Å². The van der Waals surface area contributed by atoms with Crippen molar-refractivity contribution in [1.82, 2.24) is 0 Å². The van der Waals surface area contributed by atoms with Crippen LogP contribution >= 0.6 is 10.7 Å². The number of hydrogen-bond donors (Lipinski definition) is 1. The predicted molar refractivity (Wildman–Crippen MR) is 86.7 cm³/mol. The fraction of sp³-hybridized carbons (Fsp3) is 0.0588. The van der Waals surface area contributed by atoms with Crippen LogP contribution in [0.1, 0.15) is 17.2 Å². The van der Waals surface area contributed by atoms with Crippen molar-refractivity contribution in [2.75, 3.05) is 0 Å². The molecule has 2 atom stereocenters. The van der Waals surface area contributed by atoms with Gasteiger partial charge in [-0.1, -0.05) is 48.5 Å². The third-order valence-corrected chi connectivity index (χ3v) is 4.61. The molecule has 1 N–H and O–H groups in total. The number of fused-ring (bicyclic) bond motifs is 1. The molecule has 4 heteroatoms. The molecule has 3 aromatic carbocycles. The van der Waals surface area contributed by atoms with Gasteiger partial charge in [-0.15, -0.1) is 0 Å². The molecule has 2 unspecified atom stereocenters. The van der Waals surface area contributed by atoms with Crippen molar-refractivity contribution in [3.05, 3.63) is 77.9 Å². The Morgan fingerprint density at radius 1 is 0.857 bits per heavy atom. The number of hydrogen-bond acceptors (Lipinski definition) is 2. The first-order chi connectivity index (χ1) is 10.1. The van der Waals surface area contributed by atoms with Crippen molar-refractivity contribution in [1.29, 1.82) is 0 Å². The maximum absolute atomic E-state index is 11.3. The van der Waals surface area contributed by atoms with E-state index in [9.17, 15) is 9.32 Å². The van der Waals surface area contributed by atoms with Crippen LogP contribution < -0.4 is 0 Å². The second-order valence-electron chi connectivity index (χ2n) is 4.81. The van der Waals surface area contributed by atoms with Crippen LogP contribution in [0.5, 0.6) is 0 Å². The van der Waals surface area contributed by atoms with Gasteiger partial charge in [0.15, 0.2) is 0 Å². The molecule has 0 aliphatic heterocycles. The van der Waals surface area contributed by atoms with E-state index in [1.54, 1.807) is 24.3 Å². The molecule has 0 fully saturated rings. The van der Waals surface area contributed by atoms with Crippen molar-refractivity contribution < 1.29 is 9.32 Å². The summed E-state index contributed by atoms with van der Waals surface area (Å²) in [6.45, 7) is 0. The van der Waals surface area contributed by atoms with Crippen molar-refractivity contribution in [3.63, 3.8) is 0 Å². The smallest absolute Gasteiger partial charge is 0.147 e. The molecule has 21 heavy (non-hydrogen) atoms. The zero-order valence-corrected chi connectivity index (χ0v) is 12.6. The van der Waals surface area contributed by atoms with E-state index in [1.807, 2.05) is 42.5 Å². The number of halogens is 1. The molecule has 0 aliphatic rings. The van der Waals surface area contributed by atoms with Gasteiger partial charge < -0.3 is 5.11 Å². The molecular weight excluding hydrogens is 304 g/mol. The monoisotopic (exact) mass is 316 g/mol. The lowest BCUT2D eigenvalue weighted by molar-refractivity contribution is 0.220. The number of aliphatic hydroxyl groups is 1. The molecule has 0 aliphatic carbocycles. The molecule has 0 aromatic heterocycles. The normalized spacial score (nSPS) is 14.0. The minimum absolute atomic E-state index is 0.494. The third kappa shape index (κ3) is 3.00. The highest BCUT2D eigenvalue weighted by Gasteiger charge is 2.12. The van der Waals surface area contributed by atoms with Gasteiger partial charge in [0, 0.05) is 0 Å². The van der Waals surface area contributed by atoms with Gasteiger partial charge in [0.1, 0.15) is 16.1 Å². The highest BCUT2D eigenvalue weighted by molar-refractivity contribution is 8.08. The van der Waals surface area contributed by atoms with E-state index in [1.165, 1.54) is 0 Å². The summed E-state index contributed by atoms with van der Waals surface area (Å²) in [6, 6.07) is 20.7. The largest absolute Gasteiger partial charge is 0.384 e. The lowest BCUT2D eigenvalue weighted by atomic mass is 9.99. The fourth-order valence-corrected chi connectivity index (χ4v) is 3.06. The second-order valence-corrected chi connectivity index (χ2v) is 6.56. The summed E-state index contributed by atoms with van der Waals surface area (Å²) in [4.78, 5) is 0.494. The molecule has 0 radical (unpaired) electrons. The van der Waals surface area contributed by atoms with Crippen LogP contribution in [0.25, 0.3) is 10.8 Å². The SMILES string of the molecule is O=S(Cl)c1cccc(C(O)c2ccc3ccccc3c2)c1. The molecule has 0 spiro atoms. The maximum atomic E-state index is 11.3. The molecule has 0 saturated heterocycles. The number of benzene rings is 3. The molecule has 0 saturated carbocycles. The Hall–Kier alpha value is -1.68. The Labute approximate surface area is 130 Å². The van der Waals surface area contributed by atoms with Gasteiger partial charge in [0.25, 0.3) is 0 Å². The second kappa shape index (κ2) is 5.98. The summed E-state index contributed by atoms with van der Waals surface area (Å²) in [5, 5.41) is 12.7. The van der Waals surface area contributed by atoms with Crippen molar-refractivity contribution >= 4 is 31.5 Å². The molecule has 106 valence electrons. The quantitative estimate of drug-likeness (QED) is 0.736. The van der Waals surface area contributed by atoms with Crippen molar-refractivity contribution in [2.24, 2.45) is 0 Å². The first-order valence-electron chi connectivity index (χ1n) is 6.50. The van der Waals surface area contributed by atoms with E-state index in [0.29, 0.717) is 10.5 Å². The Kier molecular flexibility index (Phi) is 4.06. The average molecular weight is 317 g/mol. The van der Waals surface area contributed by atoms with Crippen LogP contribution in [0.4, 0.5) is 0 Å². The van der Waals surface area contributed by atoms with Gasteiger partial charge in [0.05, 0.1) is 4.90 Å². The Morgan fingerprint density at radius 3 is 2.33 bits per heavy atom. The standard InChI is InChI=1S/C17H13ClO2S/c18-21(20)16-7-3-6-14(11-16)17(19)15-9-8-12-4-1-2-5-13(12)10-15/h1-11,17,19H. The van der Waals surface area contributed by atoms with Crippen LogP contribution in [0.15, 0.2) is 71.6 Å². The van der Waals surface area contributed by atoms with E-state index in [-0.39, 0.29) is 0 Å². The molecule has 3 aromatic rings. The average Bonchev–Trinajstić information content (AvgIpc) is 2.53.